The Morgan fingerprint density at radius 3 is 2.61 bits per heavy atom. The van der Waals surface area contributed by atoms with Crippen molar-refractivity contribution in [1.82, 2.24) is 4.98 Å². The number of amides is 1. The quantitative estimate of drug-likeness (QED) is 0.385. The molecule has 3 aromatic rings. The van der Waals surface area contributed by atoms with Crippen LogP contribution in [-0.4, -0.2) is 22.6 Å². The van der Waals surface area contributed by atoms with Gasteiger partial charge in [0.15, 0.2) is 6.04 Å². The van der Waals surface area contributed by atoms with Crippen molar-refractivity contribution in [1.29, 1.82) is 0 Å². The highest BCUT2D eigenvalue weighted by atomic mass is 79.9. The Kier molecular flexibility index (Phi) is 5.47. The summed E-state index contributed by atoms with van der Waals surface area (Å²) in [4.78, 5) is 17.4. The third-order valence-corrected chi connectivity index (χ3v) is 6.06. The van der Waals surface area contributed by atoms with Crippen LogP contribution in [0, 0.1) is 0 Å². The van der Waals surface area contributed by atoms with E-state index in [-0.39, 0.29) is 5.91 Å². The summed E-state index contributed by atoms with van der Waals surface area (Å²) in [5.41, 5.74) is 3.02. The standard InChI is InChI=1S/C19H13Br2N5OS/c1-11-17(24-23-15-5-3-2-4-14(15)21)18(27)26(25-11)19-22-16(10-28-19)12-6-8-13(20)9-7-12/h2-10,17H,1H3. The molecule has 2 heterocycles. The number of hydrazone groups is 1. The minimum atomic E-state index is -0.743. The Labute approximate surface area is 182 Å². The average Bonchev–Trinajstić information content (AvgIpc) is 3.27. The van der Waals surface area contributed by atoms with E-state index < -0.39 is 6.04 Å². The zero-order chi connectivity index (χ0) is 19.7. The van der Waals surface area contributed by atoms with Crippen molar-refractivity contribution < 1.29 is 4.79 Å². The summed E-state index contributed by atoms with van der Waals surface area (Å²) in [6, 6.07) is 14.6. The van der Waals surface area contributed by atoms with E-state index in [1.807, 2.05) is 53.9 Å². The third kappa shape index (κ3) is 3.82. The van der Waals surface area contributed by atoms with Gasteiger partial charge >= 0.3 is 0 Å². The number of carbonyl (C=O) groups is 1. The van der Waals surface area contributed by atoms with Crippen LogP contribution in [0.15, 0.2) is 78.2 Å². The Hall–Kier alpha value is -2.23. The third-order valence-electron chi connectivity index (χ3n) is 4.04. The second kappa shape index (κ2) is 8.02. The Bertz CT molecular complexity index is 1090. The lowest BCUT2D eigenvalue weighted by Crippen LogP contribution is -2.29. The van der Waals surface area contributed by atoms with Gasteiger partial charge in [-0.2, -0.15) is 20.3 Å². The van der Waals surface area contributed by atoms with Crippen molar-refractivity contribution in [2.75, 3.05) is 5.01 Å². The number of thiazole rings is 1. The Balaban J connectivity index is 1.55. The fourth-order valence-corrected chi connectivity index (χ4v) is 4.01. The van der Waals surface area contributed by atoms with E-state index in [1.165, 1.54) is 16.3 Å². The molecule has 2 aromatic carbocycles. The molecule has 0 aliphatic carbocycles. The molecule has 6 nitrogen and oxygen atoms in total. The highest BCUT2D eigenvalue weighted by Gasteiger charge is 2.36. The van der Waals surface area contributed by atoms with Crippen molar-refractivity contribution in [2.45, 2.75) is 13.0 Å². The van der Waals surface area contributed by atoms with Crippen LogP contribution >= 0.6 is 43.2 Å². The van der Waals surface area contributed by atoms with Crippen molar-refractivity contribution >= 4 is 65.6 Å². The number of carbonyl (C=O) groups excluding carboxylic acids is 1. The maximum Gasteiger partial charge on any atom is 0.282 e. The molecule has 0 bridgehead atoms. The summed E-state index contributed by atoms with van der Waals surface area (Å²) >= 11 is 8.21. The molecule has 0 spiro atoms. The number of halogens is 2. The predicted octanol–water partition coefficient (Wildman–Crippen LogP) is 6.21. The van der Waals surface area contributed by atoms with E-state index in [9.17, 15) is 4.79 Å². The van der Waals surface area contributed by atoms with Gasteiger partial charge in [0.2, 0.25) is 5.13 Å². The van der Waals surface area contributed by atoms with Gasteiger partial charge in [-0.05, 0) is 47.1 Å². The molecule has 1 amide bonds. The van der Waals surface area contributed by atoms with E-state index in [2.05, 4.69) is 52.2 Å². The summed E-state index contributed by atoms with van der Waals surface area (Å²) < 4.78 is 1.81. The van der Waals surface area contributed by atoms with Crippen LogP contribution in [0.5, 0.6) is 0 Å². The van der Waals surface area contributed by atoms with Gasteiger partial charge in [-0.1, -0.05) is 40.2 Å². The van der Waals surface area contributed by atoms with Crippen LogP contribution in [-0.2, 0) is 4.79 Å². The molecule has 1 atom stereocenters. The molecule has 1 aliphatic rings. The number of rotatable bonds is 4. The molecule has 1 aromatic heterocycles. The second-order valence-corrected chi connectivity index (χ2v) is 8.59. The first-order valence-corrected chi connectivity index (χ1v) is 10.8. The van der Waals surface area contributed by atoms with Gasteiger partial charge < -0.3 is 0 Å². The number of anilines is 1. The van der Waals surface area contributed by atoms with Crippen molar-refractivity contribution in [3.63, 3.8) is 0 Å². The molecule has 0 fully saturated rings. The molecule has 0 saturated carbocycles. The molecule has 0 N–H and O–H groups in total. The number of hydrogen-bond donors (Lipinski definition) is 0. The highest BCUT2D eigenvalue weighted by molar-refractivity contribution is 9.10. The van der Waals surface area contributed by atoms with Crippen LogP contribution in [0.2, 0.25) is 0 Å². The van der Waals surface area contributed by atoms with Gasteiger partial charge in [0, 0.05) is 19.9 Å². The lowest BCUT2D eigenvalue weighted by Gasteiger charge is -2.08. The van der Waals surface area contributed by atoms with Crippen LogP contribution in [0.4, 0.5) is 10.8 Å². The predicted molar refractivity (Wildman–Crippen MR) is 118 cm³/mol. The zero-order valence-corrected chi connectivity index (χ0v) is 18.6. The van der Waals surface area contributed by atoms with Gasteiger partial charge in [-0.25, -0.2) is 4.98 Å². The van der Waals surface area contributed by atoms with E-state index in [0.29, 0.717) is 16.5 Å². The van der Waals surface area contributed by atoms with Gasteiger partial charge in [-0.15, -0.1) is 11.3 Å². The minimum Gasteiger partial charge on any atom is -0.269 e. The number of azo groups is 1. The maximum atomic E-state index is 12.8. The van der Waals surface area contributed by atoms with Crippen molar-refractivity contribution in [3.8, 4) is 11.3 Å². The topological polar surface area (TPSA) is 70.3 Å². The summed E-state index contributed by atoms with van der Waals surface area (Å²) in [6.07, 6.45) is 0. The molecule has 1 unspecified atom stereocenters. The lowest BCUT2D eigenvalue weighted by molar-refractivity contribution is -0.117. The minimum absolute atomic E-state index is 0.259. The van der Waals surface area contributed by atoms with Crippen molar-refractivity contribution in [2.24, 2.45) is 15.3 Å². The van der Waals surface area contributed by atoms with Crippen LogP contribution in [0.25, 0.3) is 11.3 Å². The largest absolute Gasteiger partial charge is 0.282 e. The number of aromatic nitrogens is 1. The molecule has 1 aliphatic heterocycles. The fourth-order valence-electron chi connectivity index (χ4n) is 2.59. The van der Waals surface area contributed by atoms with Gasteiger partial charge in [0.25, 0.3) is 5.91 Å². The lowest BCUT2D eigenvalue weighted by atomic mass is 10.2. The smallest absolute Gasteiger partial charge is 0.269 e. The first kappa shape index (κ1) is 19.1. The van der Waals surface area contributed by atoms with Crippen LogP contribution in [0.1, 0.15) is 6.92 Å². The van der Waals surface area contributed by atoms with Gasteiger partial charge in [-0.3, -0.25) is 4.79 Å². The molecule has 28 heavy (non-hydrogen) atoms. The fraction of sp³-hybridized carbons (Fsp3) is 0.105. The average molecular weight is 519 g/mol. The Morgan fingerprint density at radius 2 is 1.86 bits per heavy atom. The van der Waals surface area contributed by atoms with E-state index in [0.717, 1.165) is 20.2 Å². The first-order valence-electron chi connectivity index (χ1n) is 8.29. The van der Waals surface area contributed by atoms with Crippen LogP contribution in [0.3, 0.4) is 0 Å². The van der Waals surface area contributed by atoms with E-state index in [4.69, 9.17) is 0 Å². The Morgan fingerprint density at radius 1 is 1.11 bits per heavy atom. The highest BCUT2D eigenvalue weighted by Crippen LogP contribution is 2.31. The molecule has 9 heteroatoms. The number of hydrogen-bond acceptors (Lipinski definition) is 6. The maximum absolute atomic E-state index is 12.8. The summed E-state index contributed by atoms with van der Waals surface area (Å²) in [5, 5.41) is 16.5. The summed E-state index contributed by atoms with van der Waals surface area (Å²) in [6.45, 7) is 1.77. The summed E-state index contributed by atoms with van der Waals surface area (Å²) in [5.74, 6) is -0.259. The zero-order valence-electron chi connectivity index (χ0n) is 14.6. The summed E-state index contributed by atoms with van der Waals surface area (Å²) in [7, 11) is 0. The molecular formula is C19H13Br2N5OS. The SMILES string of the molecule is CC1=NN(c2nc(-c3ccc(Br)cc3)cs2)C(=O)C1N=Nc1ccccc1Br. The molecule has 0 saturated heterocycles. The number of benzene rings is 2. The first-order chi connectivity index (χ1) is 13.5. The van der Waals surface area contributed by atoms with Crippen molar-refractivity contribution in [3.05, 3.63) is 62.9 Å². The monoisotopic (exact) mass is 517 g/mol. The van der Waals surface area contributed by atoms with Gasteiger partial charge in [0.05, 0.1) is 17.1 Å². The normalized spacial score (nSPS) is 16.8. The number of nitrogens with zero attached hydrogens (tertiary/aromatic N) is 5. The second-order valence-electron chi connectivity index (χ2n) is 5.98. The van der Waals surface area contributed by atoms with Crippen LogP contribution < -0.4 is 5.01 Å². The van der Waals surface area contributed by atoms with E-state index >= 15 is 0 Å². The molecule has 140 valence electrons. The molecule has 4 rings (SSSR count). The van der Waals surface area contributed by atoms with E-state index in [1.54, 1.807) is 6.92 Å². The van der Waals surface area contributed by atoms with Gasteiger partial charge in [0.1, 0.15) is 0 Å². The molecular weight excluding hydrogens is 506 g/mol. The molecule has 0 radical (unpaired) electrons.